The van der Waals surface area contributed by atoms with Crippen LogP contribution in [0, 0.1) is 0 Å². The number of rotatable bonds is 2. The number of aliphatic hydroxyl groups is 1. The van der Waals surface area contributed by atoms with Crippen LogP contribution in [0.2, 0.25) is 0 Å². The summed E-state index contributed by atoms with van der Waals surface area (Å²) in [4.78, 5) is 2.59. The third-order valence-electron chi connectivity index (χ3n) is 4.16. The molecule has 2 saturated heterocycles. The molecule has 2 fully saturated rings. The van der Waals surface area contributed by atoms with Crippen molar-refractivity contribution in [2.24, 2.45) is 5.73 Å². The molecule has 0 aromatic rings. The van der Waals surface area contributed by atoms with Gasteiger partial charge in [-0.2, -0.15) is 0 Å². The monoisotopic (exact) mass is 227 g/mol. The van der Waals surface area contributed by atoms with Gasteiger partial charge in [-0.25, -0.2) is 0 Å². The van der Waals surface area contributed by atoms with Crippen LogP contribution >= 0.6 is 0 Å². The number of hydrogen-bond acceptors (Lipinski definition) is 4. The van der Waals surface area contributed by atoms with E-state index >= 15 is 0 Å². The van der Waals surface area contributed by atoms with E-state index < -0.39 is 0 Å². The molecule has 0 saturated carbocycles. The van der Waals surface area contributed by atoms with E-state index in [1.54, 1.807) is 0 Å². The summed E-state index contributed by atoms with van der Waals surface area (Å²) in [5, 5.41) is 12.7. The van der Waals surface area contributed by atoms with Crippen molar-refractivity contribution >= 4 is 0 Å². The summed E-state index contributed by atoms with van der Waals surface area (Å²) in [7, 11) is 0. The molecule has 0 aliphatic carbocycles. The number of aliphatic hydroxyl groups excluding tert-OH is 1. The zero-order valence-electron chi connectivity index (χ0n) is 10.1. The summed E-state index contributed by atoms with van der Waals surface area (Å²) in [5.74, 6) is 0. The van der Waals surface area contributed by atoms with E-state index in [0.29, 0.717) is 0 Å². The van der Waals surface area contributed by atoms with Crippen molar-refractivity contribution in [3.05, 3.63) is 0 Å². The van der Waals surface area contributed by atoms with Crippen molar-refractivity contribution in [3.63, 3.8) is 0 Å². The number of nitrogens with two attached hydrogens (primary N) is 1. The molecule has 0 aromatic heterocycles. The van der Waals surface area contributed by atoms with Gasteiger partial charge in [-0.3, -0.25) is 0 Å². The highest BCUT2D eigenvalue weighted by atomic mass is 16.3. The van der Waals surface area contributed by atoms with Gasteiger partial charge in [0.05, 0.1) is 6.61 Å². The van der Waals surface area contributed by atoms with Crippen LogP contribution in [0.15, 0.2) is 0 Å². The number of piperidine rings is 1. The molecule has 0 aromatic carbocycles. The first kappa shape index (κ1) is 12.3. The van der Waals surface area contributed by atoms with Gasteiger partial charge in [-0.05, 0) is 51.7 Å². The highest BCUT2D eigenvalue weighted by Gasteiger charge is 2.30. The van der Waals surface area contributed by atoms with Crippen molar-refractivity contribution in [2.75, 3.05) is 32.8 Å². The van der Waals surface area contributed by atoms with Gasteiger partial charge in [0.2, 0.25) is 0 Å². The maximum Gasteiger partial charge on any atom is 0.0611 e. The molecule has 4 nitrogen and oxygen atoms in total. The molecule has 1 unspecified atom stereocenters. The standard InChI is InChI=1S/C12H25N3O/c13-12(10-16)4-1-8-15(9-5-12)11-2-6-14-7-3-11/h11,14,16H,1-10,13H2. The van der Waals surface area contributed by atoms with E-state index in [-0.39, 0.29) is 12.1 Å². The molecule has 2 aliphatic heterocycles. The lowest BCUT2D eigenvalue weighted by atomic mass is 9.93. The molecule has 94 valence electrons. The second-order valence-corrected chi connectivity index (χ2v) is 5.39. The van der Waals surface area contributed by atoms with Crippen molar-refractivity contribution < 1.29 is 5.11 Å². The van der Waals surface area contributed by atoms with E-state index in [1.165, 1.54) is 12.8 Å². The molecule has 16 heavy (non-hydrogen) atoms. The van der Waals surface area contributed by atoms with Crippen LogP contribution in [0.25, 0.3) is 0 Å². The van der Waals surface area contributed by atoms with E-state index in [0.717, 1.165) is 51.5 Å². The van der Waals surface area contributed by atoms with Crippen molar-refractivity contribution in [1.29, 1.82) is 0 Å². The fraction of sp³-hybridized carbons (Fsp3) is 1.00. The minimum absolute atomic E-state index is 0.132. The molecule has 0 spiro atoms. The van der Waals surface area contributed by atoms with Gasteiger partial charge in [0.15, 0.2) is 0 Å². The first-order valence-electron chi connectivity index (χ1n) is 6.58. The molecule has 0 amide bonds. The van der Waals surface area contributed by atoms with Crippen LogP contribution in [-0.2, 0) is 0 Å². The topological polar surface area (TPSA) is 61.5 Å². The third-order valence-corrected chi connectivity index (χ3v) is 4.16. The predicted molar refractivity (Wildman–Crippen MR) is 65.3 cm³/mol. The van der Waals surface area contributed by atoms with E-state index in [9.17, 15) is 5.11 Å². The van der Waals surface area contributed by atoms with E-state index in [4.69, 9.17) is 5.73 Å². The van der Waals surface area contributed by atoms with Gasteiger partial charge in [0, 0.05) is 18.1 Å². The number of nitrogens with one attached hydrogen (secondary N) is 1. The Morgan fingerprint density at radius 2 is 2.00 bits per heavy atom. The molecule has 1 atom stereocenters. The Bertz CT molecular complexity index is 218. The second-order valence-electron chi connectivity index (χ2n) is 5.39. The number of likely N-dealkylation sites (tertiary alicyclic amines) is 1. The lowest BCUT2D eigenvalue weighted by Gasteiger charge is -2.34. The normalized spacial score (nSPS) is 34.9. The quantitative estimate of drug-likeness (QED) is 0.617. The van der Waals surface area contributed by atoms with E-state index in [2.05, 4.69) is 10.2 Å². The Kier molecular flexibility index (Phi) is 4.19. The molecule has 2 rings (SSSR count). The van der Waals surface area contributed by atoms with Crippen molar-refractivity contribution in [2.45, 2.75) is 43.7 Å². The first-order valence-corrected chi connectivity index (χ1v) is 6.58. The number of nitrogens with zero attached hydrogens (tertiary/aromatic N) is 1. The van der Waals surface area contributed by atoms with E-state index in [1.807, 2.05) is 0 Å². The lowest BCUT2D eigenvalue weighted by Crippen LogP contribution is -2.46. The maximum atomic E-state index is 9.32. The Morgan fingerprint density at radius 1 is 1.25 bits per heavy atom. The van der Waals surface area contributed by atoms with Crippen LogP contribution < -0.4 is 11.1 Å². The van der Waals surface area contributed by atoms with Gasteiger partial charge in [0.1, 0.15) is 0 Å². The Morgan fingerprint density at radius 3 is 2.69 bits per heavy atom. The fourth-order valence-electron chi connectivity index (χ4n) is 2.93. The Labute approximate surface area is 98.2 Å². The summed E-state index contributed by atoms with van der Waals surface area (Å²) >= 11 is 0. The predicted octanol–water partition coefficient (Wildman–Crippen LogP) is -0.0859. The minimum Gasteiger partial charge on any atom is -0.394 e. The fourth-order valence-corrected chi connectivity index (χ4v) is 2.93. The Hall–Kier alpha value is -0.160. The summed E-state index contributed by atoms with van der Waals surface area (Å²) in [6, 6.07) is 0.738. The van der Waals surface area contributed by atoms with Crippen LogP contribution in [0.1, 0.15) is 32.1 Å². The lowest BCUT2D eigenvalue weighted by molar-refractivity contribution is 0.151. The molecule has 4 N–H and O–H groups in total. The first-order chi connectivity index (χ1) is 7.73. The summed E-state index contributed by atoms with van der Waals surface area (Å²) < 4.78 is 0. The smallest absolute Gasteiger partial charge is 0.0611 e. The highest BCUT2D eigenvalue weighted by molar-refractivity contribution is 4.89. The summed E-state index contributed by atoms with van der Waals surface area (Å²) in [6.07, 6.45) is 5.55. The summed E-state index contributed by atoms with van der Waals surface area (Å²) in [6.45, 7) is 4.64. The zero-order chi connectivity index (χ0) is 11.4. The molecule has 4 heteroatoms. The van der Waals surface area contributed by atoms with Crippen molar-refractivity contribution in [1.82, 2.24) is 10.2 Å². The van der Waals surface area contributed by atoms with Crippen molar-refractivity contribution in [3.8, 4) is 0 Å². The number of hydrogen-bond donors (Lipinski definition) is 3. The molecule has 0 radical (unpaired) electrons. The summed E-state index contributed by atoms with van der Waals surface area (Å²) in [5.41, 5.74) is 5.84. The minimum atomic E-state index is -0.318. The molecular formula is C12H25N3O. The molecule has 2 heterocycles. The van der Waals surface area contributed by atoms with Gasteiger partial charge in [-0.15, -0.1) is 0 Å². The van der Waals surface area contributed by atoms with Crippen LogP contribution in [0.3, 0.4) is 0 Å². The highest BCUT2D eigenvalue weighted by Crippen LogP contribution is 2.22. The SMILES string of the molecule is NC1(CO)CCCN(C2CCNCC2)CC1. The van der Waals surface area contributed by atoms with Crippen LogP contribution in [-0.4, -0.2) is 54.4 Å². The average molecular weight is 227 g/mol. The van der Waals surface area contributed by atoms with Gasteiger partial charge >= 0.3 is 0 Å². The maximum absolute atomic E-state index is 9.32. The molecule has 0 bridgehead atoms. The van der Waals surface area contributed by atoms with Gasteiger partial charge in [0.25, 0.3) is 0 Å². The average Bonchev–Trinajstić information content (AvgIpc) is 2.53. The van der Waals surface area contributed by atoms with Crippen LogP contribution in [0.4, 0.5) is 0 Å². The molecular weight excluding hydrogens is 202 g/mol. The zero-order valence-corrected chi connectivity index (χ0v) is 10.1. The molecule has 2 aliphatic rings. The largest absolute Gasteiger partial charge is 0.394 e. The van der Waals surface area contributed by atoms with Gasteiger partial charge < -0.3 is 21.1 Å². The third kappa shape index (κ3) is 2.94. The van der Waals surface area contributed by atoms with Crippen LogP contribution in [0.5, 0.6) is 0 Å². The van der Waals surface area contributed by atoms with Gasteiger partial charge in [-0.1, -0.05) is 0 Å². The second kappa shape index (κ2) is 5.45. The Balaban J connectivity index is 1.87.